The van der Waals surface area contributed by atoms with Crippen LogP contribution in [0.3, 0.4) is 0 Å². The first-order valence-electron chi connectivity index (χ1n) is 5.86. The number of aryl methyl sites for hydroxylation is 1. The van der Waals surface area contributed by atoms with E-state index in [1.807, 2.05) is 6.92 Å². The van der Waals surface area contributed by atoms with E-state index >= 15 is 0 Å². The van der Waals surface area contributed by atoms with Gasteiger partial charge < -0.3 is 0 Å². The molecule has 0 spiro atoms. The van der Waals surface area contributed by atoms with Crippen LogP contribution in [0, 0.1) is 0 Å². The second-order valence-electron chi connectivity index (χ2n) is 3.99. The van der Waals surface area contributed by atoms with Crippen LogP contribution in [0.15, 0.2) is 12.7 Å². The molecule has 20 heavy (non-hydrogen) atoms. The summed E-state index contributed by atoms with van der Waals surface area (Å²) in [6.45, 7) is 2.04. The van der Waals surface area contributed by atoms with Gasteiger partial charge in [-0.1, -0.05) is 48.1 Å². The summed E-state index contributed by atoms with van der Waals surface area (Å²) in [6, 6.07) is -0.612. The van der Waals surface area contributed by atoms with Gasteiger partial charge in [-0.2, -0.15) is 14.5 Å². The van der Waals surface area contributed by atoms with Gasteiger partial charge in [-0.25, -0.2) is 14.8 Å². The molecular weight excluding hydrogens is 327 g/mol. The van der Waals surface area contributed by atoms with E-state index in [4.69, 9.17) is 34.8 Å². The molecule has 10 heteroatoms. The number of carbonyl (C=O) groups is 1. The molecule has 0 unspecified atom stereocenters. The van der Waals surface area contributed by atoms with Crippen molar-refractivity contribution in [3.05, 3.63) is 24.3 Å². The zero-order chi connectivity index (χ0) is 14.8. The zero-order valence-electron chi connectivity index (χ0n) is 10.5. The van der Waals surface area contributed by atoms with Gasteiger partial charge in [-0.15, -0.1) is 5.10 Å². The summed E-state index contributed by atoms with van der Waals surface area (Å²) < 4.78 is 0.0680. The average molecular weight is 338 g/mol. The van der Waals surface area contributed by atoms with Crippen LogP contribution in [0.1, 0.15) is 31.4 Å². The number of halogens is 3. The average Bonchev–Trinajstić information content (AvgIpc) is 3.04. The lowest BCUT2D eigenvalue weighted by Crippen LogP contribution is -2.26. The summed E-state index contributed by atoms with van der Waals surface area (Å²) in [5.74, 6) is 0.385. The van der Waals surface area contributed by atoms with Gasteiger partial charge >= 0.3 is 6.03 Å². The SMILES string of the molecule is CCCCc1nc(C(Cl)(Cl)Cl)n(C(=O)n2cncn2)n1. The van der Waals surface area contributed by atoms with Crippen LogP contribution < -0.4 is 0 Å². The molecule has 2 rings (SSSR count). The maximum Gasteiger partial charge on any atom is 0.372 e. The summed E-state index contributed by atoms with van der Waals surface area (Å²) in [5.41, 5.74) is 0. The number of unbranched alkanes of at least 4 members (excludes halogenated alkanes) is 1. The Hall–Kier alpha value is -1.18. The maximum atomic E-state index is 12.2. The van der Waals surface area contributed by atoms with Crippen molar-refractivity contribution in [2.75, 3.05) is 0 Å². The van der Waals surface area contributed by atoms with Crippen molar-refractivity contribution in [1.82, 2.24) is 29.5 Å². The highest BCUT2D eigenvalue weighted by molar-refractivity contribution is 6.66. The molecule has 0 aliphatic heterocycles. The summed E-state index contributed by atoms with van der Waals surface area (Å²) in [5, 5.41) is 7.81. The van der Waals surface area contributed by atoms with Crippen molar-refractivity contribution in [1.29, 1.82) is 0 Å². The molecule has 0 fully saturated rings. The highest BCUT2D eigenvalue weighted by Crippen LogP contribution is 2.37. The van der Waals surface area contributed by atoms with Gasteiger partial charge in [0.15, 0.2) is 11.6 Å². The first-order chi connectivity index (χ1) is 9.43. The van der Waals surface area contributed by atoms with E-state index < -0.39 is 9.82 Å². The van der Waals surface area contributed by atoms with Crippen molar-refractivity contribution in [2.45, 2.75) is 30.0 Å². The molecule has 0 N–H and O–H groups in total. The molecule has 7 nitrogen and oxygen atoms in total. The maximum absolute atomic E-state index is 12.2. The van der Waals surface area contributed by atoms with Crippen LogP contribution in [0.4, 0.5) is 4.79 Å². The van der Waals surface area contributed by atoms with E-state index in [1.165, 1.54) is 12.7 Å². The second kappa shape index (κ2) is 6.07. The van der Waals surface area contributed by atoms with Crippen LogP contribution in [0.5, 0.6) is 0 Å². The summed E-state index contributed by atoms with van der Waals surface area (Å²) in [4.78, 5) is 20.0. The zero-order valence-corrected chi connectivity index (χ0v) is 12.8. The Balaban J connectivity index is 2.39. The Morgan fingerprint density at radius 1 is 1.40 bits per heavy atom. The van der Waals surface area contributed by atoms with Gasteiger partial charge in [0.25, 0.3) is 0 Å². The molecule has 0 radical (unpaired) electrons. The van der Waals surface area contributed by atoms with Gasteiger partial charge in [0.2, 0.25) is 3.79 Å². The Morgan fingerprint density at radius 3 is 2.70 bits per heavy atom. The Bertz CT molecular complexity index is 589. The highest BCUT2D eigenvalue weighted by Gasteiger charge is 2.33. The molecule has 0 amide bonds. The molecule has 0 aliphatic carbocycles. The van der Waals surface area contributed by atoms with E-state index in [0.29, 0.717) is 12.2 Å². The fourth-order valence-corrected chi connectivity index (χ4v) is 1.88. The molecule has 0 bridgehead atoms. The minimum Gasteiger partial charge on any atom is -0.243 e. The van der Waals surface area contributed by atoms with Crippen molar-refractivity contribution in [3.63, 3.8) is 0 Å². The van der Waals surface area contributed by atoms with Gasteiger partial charge in [0.05, 0.1) is 0 Å². The van der Waals surface area contributed by atoms with E-state index in [9.17, 15) is 4.79 Å². The summed E-state index contributed by atoms with van der Waals surface area (Å²) >= 11 is 17.5. The number of aromatic nitrogens is 6. The largest absolute Gasteiger partial charge is 0.372 e. The van der Waals surface area contributed by atoms with Gasteiger partial charge in [0.1, 0.15) is 12.7 Å². The first-order valence-corrected chi connectivity index (χ1v) is 6.99. The summed E-state index contributed by atoms with van der Waals surface area (Å²) in [6.07, 6.45) is 4.90. The molecule has 2 aromatic heterocycles. The topological polar surface area (TPSA) is 78.5 Å². The quantitative estimate of drug-likeness (QED) is 0.804. The molecule has 0 aromatic carbocycles. The van der Waals surface area contributed by atoms with Crippen LogP contribution in [0.25, 0.3) is 0 Å². The van der Waals surface area contributed by atoms with Gasteiger partial charge in [-0.3, -0.25) is 0 Å². The molecule has 108 valence electrons. The van der Waals surface area contributed by atoms with Gasteiger partial charge in [0, 0.05) is 6.42 Å². The lowest BCUT2D eigenvalue weighted by atomic mass is 10.2. The first kappa shape index (κ1) is 15.2. The minimum absolute atomic E-state index is 0.0610. The van der Waals surface area contributed by atoms with E-state index in [0.717, 1.165) is 22.2 Å². The third-order valence-corrected chi connectivity index (χ3v) is 2.96. The Kier molecular flexibility index (Phi) is 4.62. The Labute approximate surface area is 129 Å². The monoisotopic (exact) mass is 336 g/mol. The van der Waals surface area contributed by atoms with Crippen molar-refractivity contribution in [3.8, 4) is 0 Å². The molecule has 2 aromatic rings. The standard InChI is InChI=1S/C10H11Cl3N6O/c1-2-3-4-7-16-8(10(11,12)13)19(17-7)9(20)18-6-14-5-15-18/h5-6H,2-4H2,1H3. The number of hydrogen-bond acceptors (Lipinski definition) is 5. The molecule has 0 atom stereocenters. The van der Waals surface area contributed by atoms with Crippen LogP contribution in [-0.2, 0) is 10.2 Å². The third kappa shape index (κ3) is 3.28. The second-order valence-corrected chi connectivity index (χ2v) is 6.27. The lowest BCUT2D eigenvalue weighted by Gasteiger charge is -2.10. The number of hydrogen-bond donors (Lipinski definition) is 0. The van der Waals surface area contributed by atoms with E-state index in [1.54, 1.807) is 0 Å². The molecule has 2 heterocycles. The van der Waals surface area contributed by atoms with Crippen molar-refractivity contribution >= 4 is 40.8 Å². The highest BCUT2D eigenvalue weighted by atomic mass is 35.6. The van der Waals surface area contributed by atoms with Crippen LogP contribution in [0.2, 0.25) is 0 Å². The third-order valence-electron chi connectivity index (χ3n) is 2.45. The normalized spacial score (nSPS) is 11.8. The smallest absolute Gasteiger partial charge is 0.243 e. The number of nitrogens with zero attached hydrogens (tertiary/aromatic N) is 6. The number of rotatable bonds is 3. The minimum atomic E-state index is -1.85. The van der Waals surface area contributed by atoms with Crippen LogP contribution >= 0.6 is 34.8 Å². The van der Waals surface area contributed by atoms with Crippen LogP contribution in [-0.4, -0.2) is 35.6 Å². The van der Waals surface area contributed by atoms with E-state index in [2.05, 4.69) is 20.2 Å². The van der Waals surface area contributed by atoms with Crippen molar-refractivity contribution < 1.29 is 4.79 Å². The summed E-state index contributed by atoms with van der Waals surface area (Å²) in [7, 11) is 0. The van der Waals surface area contributed by atoms with Gasteiger partial charge in [-0.05, 0) is 6.42 Å². The Morgan fingerprint density at radius 2 is 2.15 bits per heavy atom. The predicted molar refractivity (Wildman–Crippen MR) is 74.1 cm³/mol. The molecule has 0 aliphatic rings. The number of carbonyl (C=O) groups excluding carboxylic acids is 1. The molecule has 0 saturated heterocycles. The number of alkyl halides is 3. The fraction of sp³-hybridized carbons (Fsp3) is 0.500. The van der Waals surface area contributed by atoms with Crippen molar-refractivity contribution in [2.24, 2.45) is 0 Å². The molecular formula is C10H11Cl3N6O. The van der Waals surface area contributed by atoms with E-state index in [-0.39, 0.29) is 5.82 Å². The fourth-order valence-electron chi connectivity index (χ4n) is 1.52. The lowest BCUT2D eigenvalue weighted by molar-refractivity contribution is 0.237. The predicted octanol–water partition coefficient (Wildman–Crippen LogP) is 2.56. The molecule has 0 saturated carbocycles.